The maximum atomic E-state index is 11.5. The summed E-state index contributed by atoms with van der Waals surface area (Å²) in [5, 5.41) is 0. The van der Waals surface area contributed by atoms with E-state index in [1.807, 2.05) is 0 Å². The normalized spacial score (nSPS) is 11.5. The van der Waals surface area contributed by atoms with Crippen molar-refractivity contribution in [2.45, 2.75) is 0 Å². The van der Waals surface area contributed by atoms with Crippen LogP contribution in [0.15, 0.2) is 29.1 Å². The molecule has 0 radical (unpaired) electrons. The standard InChI is InChI=1S/C13H12N2O3S/c1-8-15-13(17)11(19-8)6-9-2-4-10(5-3-9)18-7-12(14)16/h2-6H,1,7H2,(H2,14,16)(H,15,17)/b11-6-. The van der Waals surface area contributed by atoms with E-state index in [1.54, 1.807) is 30.3 Å². The van der Waals surface area contributed by atoms with Crippen molar-refractivity contribution in [2.24, 2.45) is 5.73 Å². The number of aromatic amines is 1. The number of nitrogens with two attached hydrogens (primary N) is 1. The molecule has 98 valence electrons. The molecule has 1 aromatic carbocycles. The Morgan fingerprint density at radius 1 is 1.42 bits per heavy atom. The van der Waals surface area contributed by atoms with Crippen LogP contribution in [-0.2, 0) is 4.79 Å². The smallest absolute Gasteiger partial charge is 0.266 e. The lowest BCUT2D eigenvalue weighted by Crippen LogP contribution is -2.20. The highest BCUT2D eigenvalue weighted by molar-refractivity contribution is 7.07. The summed E-state index contributed by atoms with van der Waals surface area (Å²) in [5.41, 5.74) is 5.69. The second-order valence-corrected chi connectivity index (χ2v) is 4.95. The van der Waals surface area contributed by atoms with Crippen LogP contribution in [0.25, 0.3) is 12.7 Å². The van der Waals surface area contributed by atoms with E-state index in [9.17, 15) is 9.59 Å². The summed E-state index contributed by atoms with van der Waals surface area (Å²) >= 11 is 1.30. The fourth-order valence-corrected chi connectivity index (χ4v) is 2.20. The van der Waals surface area contributed by atoms with Crippen molar-refractivity contribution < 1.29 is 9.53 Å². The Kier molecular flexibility index (Phi) is 3.82. The Bertz CT molecular complexity index is 743. The summed E-state index contributed by atoms with van der Waals surface area (Å²) < 4.78 is 6.35. The van der Waals surface area contributed by atoms with Crippen molar-refractivity contribution in [3.05, 3.63) is 49.4 Å². The van der Waals surface area contributed by atoms with Gasteiger partial charge in [-0.05, 0) is 23.8 Å². The molecule has 1 amide bonds. The van der Waals surface area contributed by atoms with Crippen LogP contribution in [0.3, 0.4) is 0 Å². The van der Waals surface area contributed by atoms with Crippen LogP contribution in [0, 0.1) is 0 Å². The highest BCUT2D eigenvalue weighted by Gasteiger charge is 1.98. The molecule has 0 saturated carbocycles. The molecule has 0 unspecified atom stereocenters. The maximum absolute atomic E-state index is 11.5. The molecule has 3 N–H and O–H groups in total. The lowest BCUT2D eigenvalue weighted by atomic mass is 10.2. The summed E-state index contributed by atoms with van der Waals surface area (Å²) in [5.74, 6) is 0.0256. The molecule has 1 heterocycles. The number of primary amides is 1. The number of hydrogen-bond donors (Lipinski definition) is 2. The molecule has 0 spiro atoms. The Morgan fingerprint density at radius 3 is 2.63 bits per heavy atom. The number of hydrogen-bond acceptors (Lipinski definition) is 4. The summed E-state index contributed by atoms with van der Waals surface area (Å²) in [6.45, 7) is 3.52. The summed E-state index contributed by atoms with van der Waals surface area (Å²) in [6.07, 6.45) is 1.76. The van der Waals surface area contributed by atoms with Gasteiger partial charge in [-0.25, -0.2) is 0 Å². The first-order valence-electron chi connectivity index (χ1n) is 5.45. The number of carbonyl (C=O) groups is 1. The largest absolute Gasteiger partial charge is 0.484 e. The summed E-state index contributed by atoms with van der Waals surface area (Å²) in [6, 6.07) is 7.00. The molecule has 0 saturated heterocycles. The van der Waals surface area contributed by atoms with Gasteiger partial charge >= 0.3 is 0 Å². The minimum absolute atomic E-state index is 0.149. The van der Waals surface area contributed by atoms with Crippen molar-refractivity contribution in [3.63, 3.8) is 0 Å². The van der Waals surface area contributed by atoms with Crippen molar-refractivity contribution in [2.75, 3.05) is 6.61 Å². The number of rotatable bonds is 4. The Balaban J connectivity index is 2.22. The van der Waals surface area contributed by atoms with E-state index in [4.69, 9.17) is 10.5 Å². The van der Waals surface area contributed by atoms with Gasteiger partial charge in [-0.1, -0.05) is 18.7 Å². The average molecular weight is 276 g/mol. The topological polar surface area (TPSA) is 85.2 Å². The second-order valence-electron chi connectivity index (χ2n) is 3.81. The molecule has 0 aliphatic rings. The maximum Gasteiger partial charge on any atom is 0.266 e. The molecule has 6 heteroatoms. The van der Waals surface area contributed by atoms with Gasteiger partial charge < -0.3 is 15.5 Å². The van der Waals surface area contributed by atoms with Crippen LogP contribution >= 0.6 is 11.3 Å². The number of benzene rings is 1. The first-order valence-corrected chi connectivity index (χ1v) is 6.27. The van der Waals surface area contributed by atoms with Gasteiger partial charge in [-0.3, -0.25) is 9.59 Å². The third-order valence-corrected chi connectivity index (χ3v) is 3.14. The predicted molar refractivity (Wildman–Crippen MR) is 74.4 cm³/mol. The van der Waals surface area contributed by atoms with Gasteiger partial charge in [0.15, 0.2) is 6.61 Å². The Morgan fingerprint density at radius 2 is 2.11 bits per heavy atom. The van der Waals surface area contributed by atoms with Gasteiger partial charge in [0.2, 0.25) is 0 Å². The second kappa shape index (κ2) is 5.53. The fraction of sp³-hybridized carbons (Fsp3) is 0.0769. The lowest BCUT2D eigenvalue weighted by molar-refractivity contribution is -0.119. The number of aromatic nitrogens is 1. The van der Waals surface area contributed by atoms with E-state index >= 15 is 0 Å². The molecule has 1 aromatic heterocycles. The van der Waals surface area contributed by atoms with Crippen molar-refractivity contribution in [1.29, 1.82) is 0 Å². The van der Waals surface area contributed by atoms with Crippen molar-refractivity contribution >= 4 is 29.9 Å². The van der Waals surface area contributed by atoms with Gasteiger partial charge in [-0.2, -0.15) is 0 Å². The third-order valence-electron chi connectivity index (χ3n) is 2.27. The van der Waals surface area contributed by atoms with E-state index in [1.165, 1.54) is 11.3 Å². The zero-order valence-corrected chi connectivity index (χ0v) is 10.8. The molecule has 0 atom stereocenters. The van der Waals surface area contributed by atoms with Gasteiger partial charge in [-0.15, -0.1) is 11.3 Å². The number of carbonyl (C=O) groups excluding carboxylic acids is 1. The fourth-order valence-electron chi connectivity index (χ4n) is 1.45. The third kappa shape index (κ3) is 3.56. The van der Waals surface area contributed by atoms with Crippen LogP contribution in [0.1, 0.15) is 5.56 Å². The molecule has 5 nitrogen and oxygen atoms in total. The predicted octanol–water partition coefficient (Wildman–Crippen LogP) is -0.460. The van der Waals surface area contributed by atoms with Crippen molar-refractivity contribution in [1.82, 2.24) is 4.98 Å². The van der Waals surface area contributed by atoms with Crippen LogP contribution in [0.2, 0.25) is 0 Å². The van der Waals surface area contributed by atoms with E-state index in [0.717, 1.165) is 5.56 Å². The minimum Gasteiger partial charge on any atom is -0.484 e. The molecule has 19 heavy (non-hydrogen) atoms. The van der Waals surface area contributed by atoms with Crippen LogP contribution in [0.4, 0.5) is 0 Å². The molecule has 0 aliphatic carbocycles. The number of nitrogens with one attached hydrogen (secondary N) is 1. The van der Waals surface area contributed by atoms with Crippen LogP contribution < -0.4 is 25.2 Å². The van der Waals surface area contributed by atoms with Crippen molar-refractivity contribution in [3.8, 4) is 5.75 Å². The monoisotopic (exact) mass is 276 g/mol. The van der Waals surface area contributed by atoms with Crippen LogP contribution in [0.5, 0.6) is 5.75 Å². The number of H-pyrrole nitrogens is 1. The molecule has 0 fully saturated rings. The Hall–Kier alpha value is -2.34. The SMILES string of the molecule is C=c1[nH]c(=O)/c(=C/c2ccc(OCC(N)=O)cc2)s1. The summed E-state index contributed by atoms with van der Waals surface area (Å²) in [7, 11) is 0. The van der Waals surface area contributed by atoms with E-state index in [0.29, 0.717) is 14.9 Å². The van der Waals surface area contributed by atoms with E-state index in [-0.39, 0.29) is 12.2 Å². The zero-order valence-electron chi connectivity index (χ0n) is 10.0. The molecule has 2 rings (SSSR count). The minimum atomic E-state index is -0.524. The first kappa shape index (κ1) is 13.1. The molecule has 2 aromatic rings. The number of ether oxygens (including phenoxy) is 1. The van der Waals surface area contributed by atoms with Gasteiger partial charge in [0.25, 0.3) is 11.5 Å². The average Bonchev–Trinajstić information content (AvgIpc) is 2.67. The first-order chi connectivity index (χ1) is 9.04. The molecule has 0 aliphatic heterocycles. The van der Waals surface area contributed by atoms with Gasteiger partial charge in [0.1, 0.15) is 5.75 Å². The van der Waals surface area contributed by atoms with Gasteiger partial charge in [0.05, 0.1) is 9.20 Å². The molecular weight excluding hydrogens is 264 g/mol. The van der Waals surface area contributed by atoms with Gasteiger partial charge in [0, 0.05) is 0 Å². The quantitative estimate of drug-likeness (QED) is 0.792. The highest BCUT2D eigenvalue weighted by Crippen LogP contribution is 2.12. The Labute approximate surface area is 112 Å². The highest BCUT2D eigenvalue weighted by atomic mass is 32.1. The van der Waals surface area contributed by atoms with E-state index < -0.39 is 5.91 Å². The molecular formula is C13H12N2O3S. The number of amides is 1. The molecule has 0 bridgehead atoms. The van der Waals surface area contributed by atoms with E-state index in [2.05, 4.69) is 11.6 Å². The zero-order chi connectivity index (χ0) is 13.8. The lowest BCUT2D eigenvalue weighted by Gasteiger charge is -2.03. The number of thiazole rings is 1. The van der Waals surface area contributed by atoms with Crippen LogP contribution in [-0.4, -0.2) is 17.5 Å². The summed E-state index contributed by atoms with van der Waals surface area (Å²) in [4.78, 5) is 24.7.